The Labute approximate surface area is 224 Å². The molecule has 1 N–H and O–H groups in total. The van der Waals surface area contributed by atoms with Crippen LogP contribution in [0.1, 0.15) is 128 Å². The summed E-state index contributed by atoms with van der Waals surface area (Å²) in [5.74, 6) is 0.445. The Bertz CT molecular complexity index is 952. The van der Waals surface area contributed by atoms with Gasteiger partial charge in [0.1, 0.15) is 0 Å². The quantitative estimate of drug-likeness (QED) is 0.144. The van der Waals surface area contributed by atoms with Crippen LogP contribution in [0.25, 0.3) is 0 Å². The lowest BCUT2D eigenvalue weighted by molar-refractivity contribution is -0.110. The van der Waals surface area contributed by atoms with E-state index in [2.05, 4.69) is 78.6 Å². The second-order valence-electron chi connectivity index (χ2n) is 10.8. The number of carbonyl (C=O) groups excluding carboxylic acids is 1. The second-order valence-corrected chi connectivity index (χ2v) is 10.8. The van der Waals surface area contributed by atoms with Crippen molar-refractivity contribution in [1.29, 1.82) is 0 Å². The molecule has 0 atom stereocenters. The van der Waals surface area contributed by atoms with Crippen LogP contribution in [0.15, 0.2) is 23.3 Å². The van der Waals surface area contributed by atoms with Gasteiger partial charge in [-0.3, -0.25) is 4.79 Å². The van der Waals surface area contributed by atoms with Gasteiger partial charge >= 0.3 is 0 Å². The molecule has 1 aromatic heterocycles. The third-order valence-corrected chi connectivity index (χ3v) is 6.50. The highest BCUT2D eigenvalue weighted by Crippen LogP contribution is 2.32. The predicted molar refractivity (Wildman–Crippen MR) is 153 cm³/mol. The van der Waals surface area contributed by atoms with Crippen LogP contribution < -0.4 is 5.32 Å². The Hall–Kier alpha value is -2.77. The molecule has 0 fully saturated rings. The number of hydrogen-bond acceptors (Lipinski definition) is 6. The summed E-state index contributed by atoms with van der Waals surface area (Å²) in [5.41, 5.74) is 3.21. The highest BCUT2D eigenvalue weighted by atomic mass is 16.2. The van der Waals surface area contributed by atoms with E-state index in [1.54, 1.807) is 23.9 Å². The maximum atomic E-state index is 13.5. The van der Waals surface area contributed by atoms with Crippen molar-refractivity contribution in [3.8, 4) is 0 Å². The van der Waals surface area contributed by atoms with E-state index in [9.17, 15) is 4.79 Å². The zero-order chi connectivity index (χ0) is 27.2. The fourth-order valence-electron chi connectivity index (χ4n) is 4.43. The van der Waals surface area contributed by atoms with Gasteiger partial charge in [-0.1, -0.05) is 111 Å². The van der Waals surface area contributed by atoms with Crippen LogP contribution in [0.4, 0.5) is 5.69 Å². The molecule has 1 amide bonds. The van der Waals surface area contributed by atoms with Crippen LogP contribution in [-0.4, -0.2) is 50.9 Å². The van der Waals surface area contributed by atoms with Gasteiger partial charge in [-0.2, -0.15) is 9.90 Å². The Kier molecular flexibility index (Phi) is 13.3. The van der Waals surface area contributed by atoms with Crippen LogP contribution in [0, 0.1) is 0 Å². The van der Waals surface area contributed by atoms with Gasteiger partial charge in [0.2, 0.25) is 5.82 Å². The monoisotopic (exact) mass is 511 g/mol. The van der Waals surface area contributed by atoms with Crippen molar-refractivity contribution in [1.82, 2.24) is 25.2 Å². The normalized spacial score (nSPS) is 12.0. The lowest BCUT2D eigenvalue weighted by Crippen LogP contribution is -2.28. The number of hydrazone groups is 1. The number of para-hydroxylation sites is 1. The van der Waals surface area contributed by atoms with Gasteiger partial charge in [-0.05, 0) is 34.6 Å². The number of tetrazole rings is 1. The smallest absolute Gasteiger partial charge is 0.280 e. The summed E-state index contributed by atoms with van der Waals surface area (Å²) in [5, 5.41) is 22.0. The molecule has 0 saturated carbocycles. The standard InChI is InChI=1S/C29H49N7O/c1-8-9-10-11-12-13-14-15-16-17-21-36-33-28(31-34-36)27(32-35(6)7)29(37)30-26-24(22(2)3)19-18-20-25(26)23(4)5/h18-20,22-23H,8-17,21H2,1-7H3,(H,30,37)/b32-27+. The van der Waals surface area contributed by atoms with Crippen LogP contribution in [-0.2, 0) is 11.3 Å². The number of benzene rings is 1. The minimum Gasteiger partial charge on any atom is -0.320 e. The Morgan fingerprint density at radius 2 is 1.46 bits per heavy atom. The number of aromatic nitrogens is 4. The first-order chi connectivity index (χ1) is 17.7. The van der Waals surface area contributed by atoms with Gasteiger partial charge in [0.25, 0.3) is 5.91 Å². The average Bonchev–Trinajstić information content (AvgIpc) is 3.31. The molecular formula is C29H49N7O. The zero-order valence-corrected chi connectivity index (χ0v) is 24.3. The molecule has 0 radical (unpaired) electrons. The number of anilines is 1. The largest absolute Gasteiger partial charge is 0.320 e. The minimum atomic E-state index is -0.331. The Balaban J connectivity index is 2.00. The van der Waals surface area contributed by atoms with E-state index >= 15 is 0 Å². The van der Waals surface area contributed by atoms with Crippen molar-refractivity contribution < 1.29 is 4.79 Å². The number of unbranched alkanes of at least 4 members (excludes halogenated alkanes) is 9. The molecular weight excluding hydrogens is 462 g/mol. The first-order valence-electron chi connectivity index (χ1n) is 14.2. The van der Waals surface area contributed by atoms with Crippen molar-refractivity contribution in [3.05, 3.63) is 35.2 Å². The number of amides is 1. The molecule has 206 valence electrons. The molecule has 1 aromatic carbocycles. The van der Waals surface area contributed by atoms with Crippen LogP contribution in [0.2, 0.25) is 0 Å². The number of rotatable bonds is 17. The van der Waals surface area contributed by atoms with Gasteiger partial charge in [-0.25, -0.2) is 0 Å². The molecule has 2 aromatic rings. The molecule has 0 spiro atoms. The number of hydrogen-bond donors (Lipinski definition) is 1. The third-order valence-electron chi connectivity index (χ3n) is 6.50. The summed E-state index contributed by atoms with van der Waals surface area (Å²) >= 11 is 0. The van der Waals surface area contributed by atoms with Crippen LogP contribution in [0.3, 0.4) is 0 Å². The van der Waals surface area contributed by atoms with E-state index < -0.39 is 0 Å². The van der Waals surface area contributed by atoms with E-state index in [4.69, 9.17) is 0 Å². The summed E-state index contributed by atoms with van der Waals surface area (Å²) < 4.78 is 0. The summed E-state index contributed by atoms with van der Waals surface area (Å²) in [6, 6.07) is 6.18. The summed E-state index contributed by atoms with van der Waals surface area (Å²) in [6.45, 7) is 11.5. The SMILES string of the molecule is CCCCCCCCCCCCn1nnc(/C(=N\N(C)C)C(=O)Nc2c(C(C)C)cccc2C(C)C)n1. The third kappa shape index (κ3) is 10.3. The van der Waals surface area contributed by atoms with Crippen molar-refractivity contribution >= 4 is 17.3 Å². The fraction of sp³-hybridized carbons (Fsp3) is 0.690. The molecule has 0 aliphatic heterocycles. The highest BCUT2D eigenvalue weighted by Gasteiger charge is 2.24. The van der Waals surface area contributed by atoms with E-state index in [0.717, 1.165) is 29.7 Å². The minimum absolute atomic E-state index is 0.160. The van der Waals surface area contributed by atoms with Crippen LogP contribution >= 0.6 is 0 Å². The summed E-state index contributed by atoms with van der Waals surface area (Å²) in [4.78, 5) is 15.0. The molecule has 0 bridgehead atoms. The van der Waals surface area contributed by atoms with Crippen molar-refractivity contribution in [2.45, 2.75) is 117 Å². The van der Waals surface area contributed by atoms with E-state index in [1.807, 2.05) is 0 Å². The van der Waals surface area contributed by atoms with Crippen molar-refractivity contribution in [2.24, 2.45) is 5.10 Å². The summed E-state index contributed by atoms with van der Waals surface area (Å²) in [6.07, 6.45) is 12.7. The van der Waals surface area contributed by atoms with E-state index in [0.29, 0.717) is 6.54 Å². The van der Waals surface area contributed by atoms with Crippen molar-refractivity contribution in [2.75, 3.05) is 19.4 Å². The van der Waals surface area contributed by atoms with E-state index in [1.165, 1.54) is 51.4 Å². The van der Waals surface area contributed by atoms with E-state index in [-0.39, 0.29) is 29.3 Å². The molecule has 37 heavy (non-hydrogen) atoms. The molecule has 0 aliphatic carbocycles. The Morgan fingerprint density at radius 1 is 0.919 bits per heavy atom. The Morgan fingerprint density at radius 3 is 1.97 bits per heavy atom. The van der Waals surface area contributed by atoms with Gasteiger partial charge < -0.3 is 10.3 Å². The molecule has 8 nitrogen and oxygen atoms in total. The first-order valence-corrected chi connectivity index (χ1v) is 14.2. The first kappa shape index (κ1) is 30.5. The molecule has 0 unspecified atom stereocenters. The van der Waals surface area contributed by atoms with Crippen LogP contribution in [0.5, 0.6) is 0 Å². The number of carbonyl (C=O) groups is 1. The van der Waals surface area contributed by atoms with Crippen molar-refractivity contribution in [3.63, 3.8) is 0 Å². The zero-order valence-electron chi connectivity index (χ0n) is 24.3. The number of aryl methyl sites for hydroxylation is 1. The fourth-order valence-corrected chi connectivity index (χ4v) is 4.43. The van der Waals surface area contributed by atoms with Gasteiger partial charge in [0, 0.05) is 19.8 Å². The molecule has 0 aliphatic rings. The highest BCUT2D eigenvalue weighted by molar-refractivity contribution is 6.48. The number of nitrogens with zero attached hydrogens (tertiary/aromatic N) is 6. The van der Waals surface area contributed by atoms with Gasteiger partial charge in [0.15, 0.2) is 5.71 Å². The molecule has 0 saturated heterocycles. The lowest BCUT2D eigenvalue weighted by Gasteiger charge is -2.20. The summed E-state index contributed by atoms with van der Waals surface area (Å²) in [7, 11) is 3.56. The number of nitrogens with one attached hydrogen (secondary N) is 1. The van der Waals surface area contributed by atoms with Gasteiger partial charge in [-0.15, -0.1) is 10.2 Å². The average molecular weight is 512 g/mol. The maximum absolute atomic E-state index is 13.5. The molecule has 8 heteroatoms. The lowest BCUT2D eigenvalue weighted by atomic mass is 9.92. The topological polar surface area (TPSA) is 88.3 Å². The predicted octanol–water partition coefficient (Wildman–Crippen LogP) is 6.75. The van der Waals surface area contributed by atoms with Gasteiger partial charge in [0.05, 0.1) is 6.54 Å². The molecule has 2 rings (SSSR count). The second kappa shape index (κ2) is 16.2. The maximum Gasteiger partial charge on any atom is 0.280 e. The molecule has 1 heterocycles.